The van der Waals surface area contributed by atoms with Gasteiger partial charge in [0, 0.05) is 47.0 Å². The summed E-state index contributed by atoms with van der Waals surface area (Å²) in [6, 6.07) is 19.6. The number of hydrogen-bond acceptors (Lipinski definition) is 7. The van der Waals surface area contributed by atoms with Gasteiger partial charge in [-0.3, -0.25) is 14.8 Å². The number of rotatable bonds is 4. The molecule has 0 aliphatic rings. The Bertz CT molecular complexity index is 1660. The smallest absolute Gasteiger partial charge is 0.305 e. The third-order valence-corrected chi connectivity index (χ3v) is 6.14. The van der Waals surface area contributed by atoms with Gasteiger partial charge in [-0.05, 0) is 54.1 Å². The Morgan fingerprint density at radius 2 is 1.64 bits per heavy atom. The van der Waals surface area contributed by atoms with Gasteiger partial charge >= 0.3 is 4.87 Å². The molecule has 6 aromatic rings. The van der Waals surface area contributed by atoms with E-state index in [1.54, 1.807) is 18.6 Å². The molecule has 0 bridgehead atoms. The Balaban J connectivity index is 1.52. The summed E-state index contributed by atoms with van der Waals surface area (Å²) >= 11 is 1.18. The highest BCUT2D eigenvalue weighted by Gasteiger charge is 2.12. The lowest BCUT2D eigenvalue weighted by atomic mass is 10.0. The molecule has 0 unspecified atom stereocenters. The van der Waals surface area contributed by atoms with Crippen LogP contribution in [0.2, 0.25) is 0 Å². The van der Waals surface area contributed by atoms with E-state index >= 15 is 0 Å². The molecule has 0 fully saturated rings. The summed E-state index contributed by atoms with van der Waals surface area (Å²) in [7, 11) is 0. The Labute approximate surface area is 191 Å². The highest BCUT2D eigenvalue weighted by Crippen LogP contribution is 2.31. The quantitative estimate of drug-likeness (QED) is 0.375. The van der Waals surface area contributed by atoms with E-state index in [4.69, 9.17) is 9.97 Å². The SMILES string of the molecule is O=c1[nH]c2ccc(Nc3nc(-c4cccnc4)nc4ccc(-c5cccnc5)cc34)cc2s1. The van der Waals surface area contributed by atoms with Gasteiger partial charge in [0.05, 0.1) is 15.7 Å². The van der Waals surface area contributed by atoms with Crippen LogP contribution in [0.3, 0.4) is 0 Å². The van der Waals surface area contributed by atoms with Crippen LogP contribution in [-0.4, -0.2) is 24.9 Å². The van der Waals surface area contributed by atoms with Gasteiger partial charge in [-0.2, -0.15) is 0 Å². The van der Waals surface area contributed by atoms with Gasteiger partial charge in [-0.25, -0.2) is 9.97 Å². The summed E-state index contributed by atoms with van der Waals surface area (Å²) in [5.74, 6) is 1.26. The second-order valence-electron chi connectivity index (χ2n) is 7.46. The fourth-order valence-electron chi connectivity index (χ4n) is 3.72. The van der Waals surface area contributed by atoms with Crippen molar-refractivity contribution in [2.24, 2.45) is 0 Å². The minimum atomic E-state index is -0.0744. The number of benzene rings is 2. The predicted octanol–water partition coefficient (Wildman–Crippen LogP) is 5.40. The number of aromatic amines is 1. The van der Waals surface area contributed by atoms with Crippen molar-refractivity contribution in [2.45, 2.75) is 0 Å². The van der Waals surface area contributed by atoms with Crippen LogP contribution in [0, 0.1) is 0 Å². The molecule has 0 aliphatic heterocycles. The maximum absolute atomic E-state index is 11.7. The number of H-pyrrole nitrogens is 1. The molecule has 2 N–H and O–H groups in total. The zero-order chi connectivity index (χ0) is 22.2. The molecule has 0 spiro atoms. The Morgan fingerprint density at radius 3 is 2.42 bits per heavy atom. The van der Waals surface area contributed by atoms with Crippen LogP contribution in [-0.2, 0) is 0 Å². The maximum Gasteiger partial charge on any atom is 0.305 e. The lowest BCUT2D eigenvalue weighted by molar-refractivity contribution is 1.20. The van der Waals surface area contributed by atoms with Crippen LogP contribution in [0.25, 0.3) is 43.6 Å². The molecular formula is C25H16N6OS. The van der Waals surface area contributed by atoms with Crippen LogP contribution in [0.5, 0.6) is 0 Å². The van der Waals surface area contributed by atoms with E-state index in [0.29, 0.717) is 11.6 Å². The standard InChI is InChI=1S/C25H16N6OS/c32-25-30-21-8-6-18(12-22(21)33-25)28-24-19-11-15(16-3-1-9-26-13-16)5-7-20(19)29-23(31-24)17-4-2-10-27-14-17/h1-14H,(H,30,32)(H,28,29,31). The molecule has 0 aliphatic carbocycles. The molecule has 0 saturated heterocycles. The van der Waals surface area contributed by atoms with Crippen LogP contribution >= 0.6 is 11.3 Å². The van der Waals surface area contributed by atoms with Crippen molar-refractivity contribution < 1.29 is 0 Å². The second kappa shape index (κ2) is 7.92. The summed E-state index contributed by atoms with van der Waals surface area (Å²) in [5.41, 5.74) is 5.33. The fourth-order valence-corrected chi connectivity index (χ4v) is 4.50. The van der Waals surface area contributed by atoms with Crippen molar-refractivity contribution in [2.75, 3.05) is 5.32 Å². The predicted molar refractivity (Wildman–Crippen MR) is 132 cm³/mol. The molecule has 7 nitrogen and oxygen atoms in total. The van der Waals surface area contributed by atoms with E-state index in [1.165, 1.54) is 11.3 Å². The van der Waals surface area contributed by atoms with E-state index in [-0.39, 0.29) is 4.87 Å². The molecule has 4 heterocycles. The highest BCUT2D eigenvalue weighted by molar-refractivity contribution is 7.16. The van der Waals surface area contributed by atoms with Crippen LogP contribution in [0.4, 0.5) is 11.5 Å². The summed E-state index contributed by atoms with van der Waals surface area (Å²) in [6.07, 6.45) is 7.06. The van der Waals surface area contributed by atoms with E-state index in [9.17, 15) is 4.79 Å². The third kappa shape index (κ3) is 3.72. The molecule has 0 saturated carbocycles. The Morgan fingerprint density at radius 1 is 0.818 bits per heavy atom. The number of thiazole rings is 1. The zero-order valence-corrected chi connectivity index (χ0v) is 18.0. The molecule has 4 aromatic heterocycles. The lowest BCUT2D eigenvalue weighted by Gasteiger charge is -2.12. The zero-order valence-electron chi connectivity index (χ0n) is 17.2. The second-order valence-corrected chi connectivity index (χ2v) is 8.48. The first-order valence-electron chi connectivity index (χ1n) is 10.3. The first-order chi connectivity index (χ1) is 16.2. The van der Waals surface area contributed by atoms with E-state index < -0.39 is 0 Å². The molecule has 0 radical (unpaired) electrons. The summed E-state index contributed by atoms with van der Waals surface area (Å²) in [4.78, 5) is 32.5. The van der Waals surface area contributed by atoms with Crippen molar-refractivity contribution in [1.82, 2.24) is 24.9 Å². The number of anilines is 2. The molecule has 8 heteroatoms. The van der Waals surface area contributed by atoms with Crippen LogP contribution in [0.15, 0.2) is 90.2 Å². The third-order valence-electron chi connectivity index (χ3n) is 5.29. The largest absolute Gasteiger partial charge is 0.340 e. The van der Waals surface area contributed by atoms with Crippen molar-refractivity contribution >= 4 is 44.0 Å². The van der Waals surface area contributed by atoms with Gasteiger partial charge in [0.15, 0.2) is 5.82 Å². The average Bonchev–Trinajstić information content (AvgIpc) is 3.24. The van der Waals surface area contributed by atoms with E-state index in [2.05, 4.69) is 26.3 Å². The van der Waals surface area contributed by atoms with Crippen molar-refractivity contribution in [3.63, 3.8) is 0 Å². The van der Waals surface area contributed by atoms with Gasteiger partial charge in [0.2, 0.25) is 0 Å². The topological polar surface area (TPSA) is 96.5 Å². The number of pyridine rings is 2. The number of fused-ring (bicyclic) bond motifs is 2. The van der Waals surface area contributed by atoms with Crippen LogP contribution in [0.1, 0.15) is 0 Å². The number of nitrogens with one attached hydrogen (secondary N) is 2. The number of hydrogen-bond donors (Lipinski definition) is 2. The molecule has 6 rings (SSSR count). The lowest BCUT2D eigenvalue weighted by Crippen LogP contribution is -2.00. The van der Waals surface area contributed by atoms with Crippen molar-refractivity contribution in [3.8, 4) is 22.5 Å². The first kappa shape index (κ1) is 19.3. The van der Waals surface area contributed by atoms with Gasteiger partial charge in [0.1, 0.15) is 5.82 Å². The highest BCUT2D eigenvalue weighted by atomic mass is 32.1. The average molecular weight is 449 g/mol. The molecular weight excluding hydrogens is 432 g/mol. The molecule has 158 valence electrons. The number of nitrogens with zero attached hydrogens (tertiary/aromatic N) is 4. The minimum absolute atomic E-state index is 0.0744. The minimum Gasteiger partial charge on any atom is -0.340 e. The normalized spacial score (nSPS) is 11.2. The van der Waals surface area contributed by atoms with Crippen LogP contribution < -0.4 is 10.2 Å². The van der Waals surface area contributed by atoms with E-state index in [0.717, 1.165) is 43.5 Å². The molecule has 0 amide bonds. The fraction of sp³-hybridized carbons (Fsp3) is 0. The summed E-state index contributed by atoms with van der Waals surface area (Å²) in [5, 5.41) is 4.32. The number of aromatic nitrogens is 5. The van der Waals surface area contributed by atoms with Gasteiger partial charge < -0.3 is 10.3 Å². The van der Waals surface area contributed by atoms with Gasteiger partial charge in [-0.1, -0.05) is 23.5 Å². The van der Waals surface area contributed by atoms with Gasteiger partial charge in [0.25, 0.3) is 0 Å². The summed E-state index contributed by atoms with van der Waals surface area (Å²) in [6.45, 7) is 0. The van der Waals surface area contributed by atoms with E-state index in [1.807, 2.05) is 60.8 Å². The molecule has 33 heavy (non-hydrogen) atoms. The Hall–Kier alpha value is -4.43. The Kier molecular flexibility index (Phi) is 4.63. The molecule has 0 atom stereocenters. The summed E-state index contributed by atoms with van der Waals surface area (Å²) < 4.78 is 0.881. The van der Waals surface area contributed by atoms with Crippen molar-refractivity contribution in [1.29, 1.82) is 0 Å². The molecule has 2 aromatic carbocycles. The maximum atomic E-state index is 11.7. The van der Waals surface area contributed by atoms with Gasteiger partial charge in [-0.15, -0.1) is 0 Å². The monoisotopic (exact) mass is 448 g/mol. The first-order valence-corrected chi connectivity index (χ1v) is 11.1. The van der Waals surface area contributed by atoms with Crippen molar-refractivity contribution in [3.05, 3.63) is 95.1 Å².